The normalized spacial score (nSPS) is 16.5. The van der Waals surface area contributed by atoms with Gasteiger partial charge in [0.25, 0.3) is 0 Å². The van der Waals surface area contributed by atoms with E-state index in [9.17, 15) is 0 Å². The molecule has 4 fully saturated rings. The quantitative estimate of drug-likeness (QED) is 0.0650. The molecule has 12 heteroatoms. The van der Waals surface area contributed by atoms with Crippen LogP contribution in [0.5, 0.6) is 0 Å². The number of para-hydroxylation sites is 4. The summed E-state index contributed by atoms with van der Waals surface area (Å²) in [5.74, 6) is 0. The topological polar surface area (TPSA) is 51.7 Å². The third-order valence-electron chi connectivity index (χ3n) is 32.9. The van der Waals surface area contributed by atoms with Gasteiger partial charge >= 0.3 is 0 Å². The fourth-order valence-electron chi connectivity index (χ4n) is 21.6. The van der Waals surface area contributed by atoms with E-state index in [2.05, 4.69) is 601 Å². The van der Waals surface area contributed by atoms with Gasteiger partial charge < -0.3 is 49.2 Å². The summed E-state index contributed by atoms with van der Waals surface area (Å²) in [5, 5.41) is 0. The van der Waals surface area contributed by atoms with Crippen molar-refractivity contribution in [3.05, 3.63) is 464 Å². The molecule has 146 heavy (non-hydrogen) atoms. The Balaban J connectivity index is 0.00000648. The van der Waals surface area contributed by atoms with Gasteiger partial charge in [-0.3, -0.25) is 0 Å². The zero-order valence-electron chi connectivity index (χ0n) is 85.6. The Morgan fingerprint density at radius 2 is 0.329 bits per heavy atom. The third-order valence-corrected chi connectivity index (χ3v) is 32.9. The van der Waals surface area contributed by atoms with Gasteiger partial charge in [-0.2, -0.15) is 112 Å². The SMILES string of the molecule is CC1(C)N(c2[c-]cc(-c3ccccc3-c3cc(-c4ccccc4-c4c[c-]c(N5[CH-]N(c6ccccc6)C(C)(C)C5(C)C)cc4)cc(-c4ccccc4-c4c[c-]c(-c5[c-]cc(-c6ccccc6-c6cc(-c7ccccc7-c7c[c-]c(N8[CH-]N(c9ccccc9)C(C)(C)C8(C)C)cc7)cc(-c7ccccc7-c7c[c-]c(N8[CH-]N(c9ccccc9)C(C)(C)C8(C)C)cc7)c6)cn5)nc4)c3)cc2)[CH-]N(c2ccccc2)C1(C)C.[Ir].[Ir]. The minimum absolute atomic E-state index is 0. The Labute approximate surface area is 891 Å². The van der Waals surface area contributed by atoms with E-state index in [1.807, 2.05) is 12.4 Å². The first-order valence-corrected chi connectivity index (χ1v) is 50.1. The predicted molar refractivity (Wildman–Crippen MR) is 601 cm³/mol. The van der Waals surface area contributed by atoms with Gasteiger partial charge in [-0.05, 0) is 275 Å². The van der Waals surface area contributed by atoms with Crippen LogP contribution in [0.4, 0.5) is 45.5 Å². The largest absolute Gasteiger partial charge is 0.517 e. The molecule has 0 bridgehead atoms. The fraction of sp³-hybridized carbons (Fsp3) is 0.179. The maximum Gasteiger partial charge on any atom is 0.0281 e. The monoisotopic (exact) mass is 2250 g/mol. The van der Waals surface area contributed by atoms with E-state index < -0.39 is 0 Å². The molecule has 0 N–H and O–H groups in total. The molecule has 22 rings (SSSR count). The molecule has 0 unspecified atom stereocenters. The zero-order valence-corrected chi connectivity index (χ0v) is 90.3. The molecule has 0 saturated carbocycles. The maximum absolute atomic E-state index is 5.22. The Kier molecular flexibility index (Phi) is 26.3. The molecular weight excluding hydrogens is 2130 g/mol. The van der Waals surface area contributed by atoms with Gasteiger partial charge in [0, 0.05) is 107 Å². The molecule has 4 aliphatic rings. The Hall–Kier alpha value is -14.5. The number of hydrogen-bond acceptors (Lipinski definition) is 10. The van der Waals surface area contributed by atoms with Crippen LogP contribution < -0.4 is 39.2 Å². The summed E-state index contributed by atoms with van der Waals surface area (Å²) >= 11 is 0. The van der Waals surface area contributed by atoms with Gasteiger partial charge in [-0.15, -0.1) is 80.7 Å². The molecule has 4 aliphatic heterocycles. The number of anilines is 8. The van der Waals surface area contributed by atoms with Crippen molar-refractivity contribution in [3.8, 4) is 145 Å². The van der Waals surface area contributed by atoms with Crippen molar-refractivity contribution >= 4 is 45.5 Å². The molecule has 4 saturated heterocycles. The molecule has 18 aromatic rings. The van der Waals surface area contributed by atoms with Gasteiger partial charge in [0.05, 0.1) is 0 Å². The smallest absolute Gasteiger partial charge is 0.0281 e. The van der Waals surface area contributed by atoms with Crippen LogP contribution in [0.15, 0.2) is 401 Å². The van der Waals surface area contributed by atoms with Gasteiger partial charge in [0.15, 0.2) is 0 Å². The predicted octanol–water partition coefficient (Wildman–Crippen LogP) is 33.0. The standard InChI is InChI=1S/C134H118N10.2Ir/c1-127(2)131(9,10)141(89-137(127)105-41-21-17-22-42-105)109-71-61-93(62-72-109)113-49-29-35-55-119(113)99-81-100(120-56-36-30-50-114(120)94-63-73-110(74-64-94)142-90-138(106-43-23-18-24-44-106)128(3,4)132(142,11)12)84-103(83-99)123-59-39-33-53-117(123)97-69-79-125(135-87-97)126-80-70-98(88-136-126)118-54-34-40-60-124(118)104-85-101(121-57-37-31-51-115(121)95-65-75-111(76-66-95)143-91-139(107-45-25-19-26-46-107)129(5,6)133(143,13)14)82-102(86-104)122-58-38-32-52-116(122)96-67-77-112(78-68-96)144-92-140(108-47-27-20-28-48-108)130(7,8)134(144,15)16;;/h17-71,73,75,77,81-92H,1-16H3;;/q-10;;. The van der Waals surface area contributed by atoms with Crippen LogP contribution in [0.1, 0.15) is 111 Å². The van der Waals surface area contributed by atoms with E-state index in [1.165, 1.54) is 0 Å². The van der Waals surface area contributed by atoms with Crippen molar-refractivity contribution < 1.29 is 40.2 Å². The summed E-state index contributed by atoms with van der Waals surface area (Å²) in [6, 6.07) is 163. The summed E-state index contributed by atoms with van der Waals surface area (Å²) in [4.78, 5) is 29.5. The Morgan fingerprint density at radius 3 is 0.493 bits per heavy atom. The molecule has 0 amide bonds. The van der Waals surface area contributed by atoms with Gasteiger partial charge in [0.2, 0.25) is 0 Å². The van der Waals surface area contributed by atoms with E-state index in [0.29, 0.717) is 11.4 Å². The van der Waals surface area contributed by atoms with Crippen molar-refractivity contribution in [2.24, 2.45) is 0 Å². The number of benzene rings is 16. The zero-order chi connectivity index (χ0) is 99.4. The second-order valence-electron chi connectivity index (χ2n) is 42.7. The van der Waals surface area contributed by atoms with Crippen molar-refractivity contribution in [1.29, 1.82) is 0 Å². The van der Waals surface area contributed by atoms with Crippen molar-refractivity contribution in [3.63, 3.8) is 0 Å². The minimum atomic E-state index is -0.280. The fourth-order valence-corrected chi connectivity index (χ4v) is 21.6. The van der Waals surface area contributed by atoms with Crippen LogP contribution in [0.3, 0.4) is 0 Å². The summed E-state index contributed by atoms with van der Waals surface area (Å²) in [5.41, 5.74) is 33.2. The Bertz CT molecular complexity index is 6930. The third kappa shape index (κ3) is 17.3. The molecule has 2 aromatic heterocycles. The Morgan fingerprint density at radius 1 is 0.171 bits per heavy atom. The van der Waals surface area contributed by atoms with Crippen molar-refractivity contribution in [1.82, 2.24) is 9.97 Å². The van der Waals surface area contributed by atoms with Crippen LogP contribution in [0.2, 0.25) is 0 Å². The van der Waals surface area contributed by atoms with E-state index in [1.54, 1.807) is 0 Å². The first-order chi connectivity index (χ1) is 69.4. The maximum atomic E-state index is 5.22. The molecule has 732 valence electrons. The van der Waals surface area contributed by atoms with Crippen LogP contribution >= 0.6 is 0 Å². The van der Waals surface area contributed by atoms with Crippen LogP contribution in [0.25, 0.3) is 145 Å². The first kappa shape index (κ1) is 98.9. The molecule has 6 heterocycles. The van der Waals surface area contributed by atoms with E-state index in [0.717, 1.165) is 179 Å². The average molecular weight is 2250 g/mol. The van der Waals surface area contributed by atoms with Crippen molar-refractivity contribution in [2.45, 2.75) is 155 Å². The van der Waals surface area contributed by atoms with E-state index >= 15 is 0 Å². The van der Waals surface area contributed by atoms with Crippen LogP contribution in [0, 0.1) is 63.1 Å². The number of nitrogens with zero attached hydrogens (tertiary/aromatic N) is 10. The summed E-state index contributed by atoms with van der Waals surface area (Å²) < 4.78 is 0. The summed E-state index contributed by atoms with van der Waals surface area (Å²) in [7, 11) is 0. The van der Waals surface area contributed by atoms with Gasteiger partial charge in [0.1, 0.15) is 0 Å². The minimum Gasteiger partial charge on any atom is -0.517 e. The second kappa shape index (κ2) is 38.8. The van der Waals surface area contributed by atoms with Gasteiger partial charge in [-0.1, -0.05) is 263 Å². The number of aromatic nitrogens is 2. The molecule has 16 aromatic carbocycles. The average Bonchev–Trinajstić information content (AvgIpc) is 1.58. The molecule has 10 nitrogen and oxygen atoms in total. The van der Waals surface area contributed by atoms with Crippen molar-refractivity contribution in [2.75, 3.05) is 39.2 Å². The molecule has 0 aliphatic carbocycles. The van der Waals surface area contributed by atoms with Crippen LogP contribution in [-0.2, 0) is 40.2 Å². The summed E-state index contributed by atoms with van der Waals surface area (Å²) in [6.07, 6.45) is 3.93. The van der Waals surface area contributed by atoms with E-state index in [-0.39, 0.29) is 84.5 Å². The van der Waals surface area contributed by atoms with Crippen LogP contribution in [-0.4, -0.2) is 54.3 Å². The number of rotatable bonds is 21. The molecular formula is C134H118Ir2N10-10. The molecule has 2 radical (unpaired) electrons. The molecule has 0 atom stereocenters. The molecule has 0 spiro atoms. The summed E-state index contributed by atoms with van der Waals surface area (Å²) in [6.45, 7) is 46.2. The van der Waals surface area contributed by atoms with Gasteiger partial charge in [-0.25, -0.2) is 12.1 Å². The number of pyridine rings is 2. The number of hydrogen-bond donors (Lipinski definition) is 0. The first-order valence-electron chi connectivity index (χ1n) is 50.1. The second-order valence-corrected chi connectivity index (χ2v) is 42.7. The van der Waals surface area contributed by atoms with E-state index in [4.69, 9.17) is 9.97 Å².